The van der Waals surface area contributed by atoms with Gasteiger partial charge in [-0.05, 0) is 30.0 Å². The number of Topliss-reactive ketones (excluding diaryl/α,β-unsaturated/α-hetero) is 1. The molecule has 1 heteroatoms. The van der Waals surface area contributed by atoms with Crippen molar-refractivity contribution in [2.75, 3.05) is 0 Å². The molecule has 0 aliphatic rings. The molecule has 0 radical (unpaired) electrons. The second-order valence-corrected chi connectivity index (χ2v) is 5.44. The Labute approximate surface area is 121 Å². The molecule has 0 bridgehead atoms. The summed E-state index contributed by atoms with van der Waals surface area (Å²) in [6.45, 7) is 4.24. The lowest BCUT2D eigenvalue weighted by molar-refractivity contribution is -0.117. The fraction of sp³-hybridized carbons (Fsp3) is 0.316. The van der Waals surface area contributed by atoms with Crippen LogP contribution in [-0.4, -0.2) is 5.78 Å². The number of aryl methyl sites for hydroxylation is 2. The summed E-state index contributed by atoms with van der Waals surface area (Å²) in [6.07, 6.45) is 3.32. The number of carbonyl (C=O) groups excluding carboxylic acids is 1. The van der Waals surface area contributed by atoms with Gasteiger partial charge < -0.3 is 0 Å². The van der Waals surface area contributed by atoms with Crippen molar-refractivity contribution in [2.45, 2.75) is 39.5 Å². The van der Waals surface area contributed by atoms with E-state index in [0.29, 0.717) is 12.8 Å². The Balaban J connectivity index is 1.92. The second-order valence-electron chi connectivity index (χ2n) is 5.44. The predicted octanol–water partition coefficient (Wildman–Crippen LogP) is 4.30. The first-order valence-corrected chi connectivity index (χ1v) is 7.32. The lowest BCUT2D eigenvalue weighted by Gasteiger charge is -2.04. The van der Waals surface area contributed by atoms with Crippen LogP contribution in [-0.2, 0) is 24.1 Å². The van der Waals surface area contributed by atoms with E-state index in [0.717, 1.165) is 24.0 Å². The van der Waals surface area contributed by atoms with Gasteiger partial charge in [-0.25, -0.2) is 0 Å². The summed E-state index contributed by atoms with van der Waals surface area (Å²) >= 11 is 0. The Morgan fingerprint density at radius 1 is 0.800 bits per heavy atom. The molecule has 0 fully saturated rings. The van der Waals surface area contributed by atoms with Gasteiger partial charge in [0.15, 0.2) is 0 Å². The molecule has 2 rings (SSSR count). The third kappa shape index (κ3) is 4.34. The summed E-state index contributed by atoms with van der Waals surface area (Å²) in [5.74, 6) is 0.275. The molecule has 0 spiro atoms. The Morgan fingerprint density at radius 2 is 1.25 bits per heavy atom. The van der Waals surface area contributed by atoms with E-state index in [1.54, 1.807) is 0 Å². The van der Waals surface area contributed by atoms with E-state index in [4.69, 9.17) is 0 Å². The van der Waals surface area contributed by atoms with Gasteiger partial charge in [-0.3, -0.25) is 4.79 Å². The average molecular weight is 266 g/mol. The number of hydrogen-bond acceptors (Lipinski definition) is 1. The zero-order valence-corrected chi connectivity index (χ0v) is 12.4. The molecular formula is C19H22O. The van der Waals surface area contributed by atoms with Crippen molar-refractivity contribution >= 4 is 5.78 Å². The summed E-state index contributed by atoms with van der Waals surface area (Å²) in [5, 5.41) is 0. The van der Waals surface area contributed by atoms with Gasteiger partial charge in [-0.1, -0.05) is 67.4 Å². The van der Waals surface area contributed by atoms with Crippen LogP contribution in [0.2, 0.25) is 0 Å². The predicted molar refractivity (Wildman–Crippen MR) is 84.0 cm³/mol. The Kier molecular flexibility index (Phi) is 5.11. The van der Waals surface area contributed by atoms with Crippen molar-refractivity contribution in [2.24, 2.45) is 0 Å². The smallest absolute Gasteiger partial charge is 0.141 e. The fourth-order valence-corrected chi connectivity index (χ4v) is 2.34. The van der Waals surface area contributed by atoms with Crippen molar-refractivity contribution in [1.82, 2.24) is 0 Å². The first-order chi connectivity index (χ1) is 9.67. The summed E-state index contributed by atoms with van der Waals surface area (Å²) in [7, 11) is 0. The number of ketones is 1. The first kappa shape index (κ1) is 14.5. The maximum atomic E-state index is 12.1. The van der Waals surface area contributed by atoms with Crippen LogP contribution in [0.15, 0.2) is 48.5 Å². The molecule has 104 valence electrons. The van der Waals surface area contributed by atoms with Crippen LogP contribution in [0.5, 0.6) is 0 Å². The van der Waals surface area contributed by atoms with Gasteiger partial charge in [0.1, 0.15) is 5.78 Å². The molecule has 2 aromatic rings. The van der Waals surface area contributed by atoms with Gasteiger partial charge in [-0.2, -0.15) is 0 Å². The molecule has 20 heavy (non-hydrogen) atoms. The van der Waals surface area contributed by atoms with E-state index in [1.807, 2.05) is 12.1 Å². The molecule has 0 unspecified atom stereocenters. The Bertz CT molecular complexity index is 549. The van der Waals surface area contributed by atoms with Crippen molar-refractivity contribution < 1.29 is 4.79 Å². The molecule has 0 atom stereocenters. The van der Waals surface area contributed by atoms with E-state index in [-0.39, 0.29) is 5.78 Å². The zero-order chi connectivity index (χ0) is 14.4. The minimum atomic E-state index is 0.275. The second kappa shape index (κ2) is 7.04. The monoisotopic (exact) mass is 266 g/mol. The molecule has 0 aliphatic heterocycles. The molecule has 0 aliphatic carbocycles. The fourth-order valence-electron chi connectivity index (χ4n) is 2.34. The van der Waals surface area contributed by atoms with Gasteiger partial charge in [0, 0.05) is 12.8 Å². The Hall–Kier alpha value is -1.89. The van der Waals surface area contributed by atoms with E-state index in [2.05, 4.69) is 50.2 Å². The van der Waals surface area contributed by atoms with E-state index >= 15 is 0 Å². The molecule has 1 nitrogen and oxygen atoms in total. The zero-order valence-electron chi connectivity index (χ0n) is 12.4. The van der Waals surface area contributed by atoms with Gasteiger partial charge >= 0.3 is 0 Å². The molecular weight excluding hydrogens is 244 g/mol. The highest BCUT2D eigenvalue weighted by Crippen LogP contribution is 2.10. The van der Waals surface area contributed by atoms with Crippen LogP contribution in [0.1, 0.15) is 35.6 Å². The molecule has 0 saturated heterocycles. The Morgan fingerprint density at radius 3 is 1.75 bits per heavy atom. The van der Waals surface area contributed by atoms with Crippen molar-refractivity contribution in [3.8, 4) is 0 Å². The van der Waals surface area contributed by atoms with Crippen LogP contribution in [0, 0.1) is 6.92 Å². The third-order valence-electron chi connectivity index (χ3n) is 3.48. The van der Waals surface area contributed by atoms with Gasteiger partial charge in [0.25, 0.3) is 0 Å². The maximum absolute atomic E-state index is 12.1. The minimum Gasteiger partial charge on any atom is -0.299 e. The standard InChI is InChI=1S/C19H22O/c1-3-4-16-9-11-18(12-10-16)14-19(20)13-17-7-5-15(2)6-8-17/h5-12H,3-4,13-14H2,1-2H3. The van der Waals surface area contributed by atoms with Gasteiger partial charge in [-0.15, -0.1) is 0 Å². The largest absolute Gasteiger partial charge is 0.299 e. The minimum absolute atomic E-state index is 0.275. The number of benzene rings is 2. The molecule has 0 heterocycles. The molecule has 0 amide bonds. The highest BCUT2D eigenvalue weighted by molar-refractivity contribution is 5.83. The van der Waals surface area contributed by atoms with Crippen LogP contribution < -0.4 is 0 Å². The quantitative estimate of drug-likeness (QED) is 0.761. The van der Waals surface area contributed by atoms with Crippen molar-refractivity contribution in [3.63, 3.8) is 0 Å². The molecule has 0 saturated carbocycles. The average Bonchev–Trinajstić information content (AvgIpc) is 2.44. The van der Waals surface area contributed by atoms with Gasteiger partial charge in [0.05, 0.1) is 0 Å². The number of rotatable bonds is 6. The summed E-state index contributed by atoms with van der Waals surface area (Å²) < 4.78 is 0. The number of hydrogen-bond donors (Lipinski definition) is 0. The van der Waals surface area contributed by atoms with Crippen LogP contribution >= 0.6 is 0 Å². The highest BCUT2D eigenvalue weighted by Gasteiger charge is 2.05. The molecule has 2 aromatic carbocycles. The number of carbonyl (C=O) groups is 1. The van der Waals surface area contributed by atoms with Crippen molar-refractivity contribution in [1.29, 1.82) is 0 Å². The topological polar surface area (TPSA) is 17.1 Å². The highest BCUT2D eigenvalue weighted by atomic mass is 16.1. The van der Waals surface area contributed by atoms with Gasteiger partial charge in [0.2, 0.25) is 0 Å². The van der Waals surface area contributed by atoms with E-state index < -0.39 is 0 Å². The molecule has 0 N–H and O–H groups in total. The SMILES string of the molecule is CCCc1ccc(CC(=O)Cc2ccc(C)cc2)cc1. The maximum Gasteiger partial charge on any atom is 0.141 e. The van der Waals surface area contributed by atoms with Crippen LogP contribution in [0.3, 0.4) is 0 Å². The third-order valence-corrected chi connectivity index (χ3v) is 3.48. The van der Waals surface area contributed by atoms with E-state index in [9.17, 15) is 4.79 Å². The summed E-state index contributed by atoms with van der Waals surface area (Å²) in [4.78, 5) is 12.1. The van der Waals surface area contributed by atoms with Crippen LogP contribution in [0.4, 0.5) is 0 Å². The summed E-state index contributed by atoms with van der Waals surface area (Å²) in [6, 6.07) is 16.6. The normalized spacial score (nSPS) is 10.5. The lowest BCUT2D eigenvalue weighted by atomic mass is 10.0. The van der Waals surface area contributed by atoms with Crippen LogP contribution in [0.25, 0.3) is 0 Å². The lowest BCUT2D eigenvalue weighted by Crippen LogP contribution is -2.06. The van der Waals surface area contributed by atoms with Crippen molar-refractivity contribution in [3.05, 3.63) is 70.8 Å². The first-order valence-electron chi connectivity index (χ1n) is 7.32. The van der Waals surface area contributed by atoms with E-state index in [1.165, 1.54) is 11.1 Å². The molecule has 0 aromatic heterocycles. The summed E-state index contributed by atoms with van der Waals surface area (Å²) in [5.41, 5.74) is 4.79.